The highest BCUT2D eigenvalue weighted by molar-refractivity contribution is 9.10. The lowest BCUT2D eigenvalue weighted by molar-refractivity contribution is -0.137. The van der Waals surface area contributed by atoms with Gasteiger partial charge in [-0.3, -0.25) is 0 Å². The molecular weight excluding hydrogens is 411 g/mol. The zero-order chi connectivity index (χ0) is 18.5. The molecule has 1 aromatic heterocycles. The molecule has 0 saturated heterocycles. The van der Waals surface area contributed by atoms with E-state index in [1.807, 2.05) is 12.1 Å². The number of aromatic nitrogens is 2. The maximum atomic E-state index is 13.0. The van der Waals surface area contributed by atoms with E-state index in [2.05, 4.69) is 31.2 Å². The van der Waals surface area contributed by atoms with Crippen molar-refractivity contribution in [3.05, 3.63) is 58.6 Å². The first-order valence-corrected chi connectivity index (χ1v) is 8.36. The maximum absolute atomic E-state index is 13.0. The average molecular weight is 422 g/mol. The first kappa shape index (κ1) is 16.7. The maximum Gasteiger partial charge on any atom is 0.416 e. The van der Waals surface area contributed by atoms with Gasteiger partial charge in [0.05, 0.1) is 11.1 Å². The molecule has 0 bridgehead atoms. The minimum atomic E-state index is -4.44. The van der Waals surface area contributed by atoms with Gasteiger partial charge in [-0.05, 0) is 51.6 Å². The fourth-order valence-electron chi connectivity index (χ4n) is 2.80. The number of aromatic amines is 1. The quantitative estimate of drug-likeness (QED) is 0.374. The molecule has 4 rings (SSSR count). The number of phenols is 1. The first-order chi connectivity index (χ1) is 12.3. The van der Waals surface area contributed by atoms with E-state index in [9.17, 15) is 18.3 Å². The van der Waals surface area contributed by atoms with E-state index in [0.717, 1.165) is 22.9 Å². The number of benzene rings is 3. The third kappa shape index (κ3) is 2.96. The number of nitrogens with one attached hydrogen (secondary N) is 2. The van der Waals surface area contributed by atoms with Crippen molar-refractivity contribution in [2.75, 3.05) is 5.32 Å². The van der Waals surface area contributed by atoms with Crippen LogP contribution >= 0.6 is 15.9 Å². The largest absolute Gasteiger partial charge is 0.508 e. The van der Waals surface area contributed by atoms with Gasteiger partial charge in [0.15, 0.2) is 0 Å². The van der Waals surface area contributed by atoms with Crippen LogP contribution in [0.1, 0.15) is 5.56 Å². The van der Waals surface area contributed by atoms with Gasteiger partial charge >= 0.3 is 6.18 Å². The Labute approximate surface area is 153 Å². The molecule has 0 saturated carbocycles. The Morgan fingerprint density at radius 3 is 2.65 bits per heavy atom. The van der Waals surface area contributed by atoms with Crippen LogP contribution in [0, 0.1) is 0 Å². The summed E-state index contributed by atoms with van der Waals surface area (Å²) in [5, 5.41) is 14.5. The fraction of sp³-hybridized carbons (Fsp3) is 0.0556. The molecule has 0 atom stereocenters. The van der Waals surface area contributed by atoms with Crippen molar-refractivity contribution < 1.29 is 18.3 Å². The number of rotatable bonds is 2. The number of anilines is 2. The topological polar surface area (TPSA) is 60.9 Å². The van der Waals surface area contributed by atoms with E-state index < -0.39 is 11.7 Å². The summed E-state index contributed by atoms with van der Waals surface area (Å²) in [5.41, 5.74) is 0.563. The molecule has 0 aliphatic rings. The second kappa shape index (κ2) is 5.91. The molecule has 0 spiro atoms. The number of aromatic hydroxyl groups is 1. The zero-order valence-electron chi connectivity index (χ0n) is 13.0. The highest BCUT2D eigenvalue weighted by Gasteiger charge is 2.31. The van der Waals surface area contributed by atoms with Crippen LogP contribution in [0.25, 0.3) is 21.8 Å². The van der Waals surface area contributed by atoms with Gasteiger partial charge in [-0.2, -0.15) is 13.2 Å². The summed E-state index contributed by atoms with van der Waals surface area (Å²) >= 11 is 3.14. The minimum Gasteiger partial charge on any atom is -0.508 e. The van der Waals surface area contributed by atoms with Crippen molar-refractivity contribution in [3.8, 4) is 5.75 Å². The monoisotopic (exact) mass is 421 g/mol. The fourth-order valence-corrected chi connectivity index (χ4v) is 3.34. The Morgan fingerprint density at radius 2 is 1.88 bits per heavy atom. The Morgan fingerprint density at radius 1 is 1.08 bits per heavy atom. The Balaban J connectivity index is 1.79. The Bertz CT molecular complexity index is 1140. The van der Waals surface area contributed by atoms with Crippen LogP contribution in [-0.4, -0.2) is 15.1 Å². The van der Waals surface area contributed by atoms with Gasteiger partial charge < -0.3 is 15.4 Å². The highest BCUT2D eigenvalue weighted by Crippen LogP contribution is 2.36. The van der Waals surface area contributed by atoms with Crippen molar-refractivity contribution in [1.29, 1.82) is 0 Å². The number of alkyl halides is 3. The van der Waals surface area contributed by atoms with Gasteiger partial charge in [-0.15, -0.1) is 0 Å². The molecule has 3 aromatic carbocycles. The molecule has 0 radical (unpaired) electrons. The molecule has 132 valence electrons. The molecule has 0 aliphatic heterocycles. The third-order valence-corrected chi connectivity index (χ3v) is 4.59. The number of phenolic OH excluding ortho intramolecular Hbond substituents is 1. The van der Waals surface area contributed by atoms with Crippen LogP contribution in [0.4, 0.5) is 24.8 Å². The molecule has 0 unspecified atom stereocenters. The van der Waals surface area contributed by atoms with E-state index in [1.165, 1.54) is 0 Å². The van der Waals surface area contributed by atoms with Crippen LogP contribution < -0.4 is 5.32 Å². The van der Waals surface area contributed by atoms with Crippen LogP contribution in [0.5, 0.6) is 5.75 Å². The van der Waals surface area contributed by atoms with Crippen LogP contribution in [0.2, 0.25) is 0 Å². The lowest BCUT2D eigenvalue weighted by Gasteiger charge is -2.07. The van der Waals surface area contributed by atoms with Gasteiger partial charge in [0.1, 0.15) is 11.3 Å². The summed E-state index contributed by atoms with van der Waals surface area (Å²) in [7, 11) is 0. The van der Waals surface area contributed by atoms with Crippen molar-refractivity contribution in [1.82, 2.24) is 9.97 Å². The van der Waals surface area contributed by atoms with Crippen LogP contribution in [0.15, 0.2) is 53.0 Å². The minimum absolute atomic E-state index is 0.119. The van der Waals surface area contributed by atoms with Gasteiger partial charge in [0, 0.05) is 15.5 Å². The van der Waals surface area contributed by atoms with Gasteiger partial charge in [-0.25, -0.2) is 4.98 Å². The molecule has 4 nitrogen and oxygen atoms in total. The molecule has 26 heavy (non-hydrogen) atoms. The number of fused-ring (bicyclic) bond motifs is 2. The predicted octanol–water partition coefficient (Wildman–Crippen LogP) is 5.95. The number of imidazole rings is 1. The first-order valence-electron chi connectivity index (χ1n) is 7.56. The third-order valence-electron chi connectivity index (χ3n) is 3.99. The van der Waals surface area contributed by atoms with Crippen molar-refractivity contribution in [2.45, 2.75) is 6.18 Å². The number of hydrogen-bond donors (Lipinski definition) is 3. The van der Waals surface area contributed by atoms with E-state index >= 15 is 0 Å². The van der Waals surface area contributed by atoms with Crippen molar-refractivity contribution in [2.24, 2.45) is 0 Å². The SMILES string of the molecule is Oc1ccc2cccc(Nc3nc4c(Br)cc(C(F)(F)F)cc4[nH]3)c2c1. The lowest BCUT2D eigenvalue weighted by atomic mass is 10.1. The summed E-state index contributed by atoms with van der Waals surface area (Å²) in [4.78, 5) is 7.18. The van der Waals surface area contributed by atoms with E-state index in [-0.39, 0.29) is 15.7 Å². The molecule has 0 aliphatic carbocycles. The van der Waals surface area contributed by atoms with Crippen LogP contribution in [0.3, 0.4) is 0 Å². The number of H-pyrrole nitrogens is 1. The summed E-state index contributed by atoms with van der Waals surface area (Å²) in [6, 6.07) is 12.5. The van der Waals surface area contributed by atoms with Crippen molar-refractivity contribution >= 4 is 49.4 Å². The number of hydrogen-bond acceptors (Lipinski definition) is 3. The van der Waals surface area contributed by atoms with Crippen LogP contribution in [-0.2, 0) is 6.18 Å². The molecule has 4 aromatic rings. The predicted molar refractivity (Wildman–Crippen MR) is 97.7 cm³/mol. The molecular formula is C18H11BrF3N3O. The number of nitrogens with zero attached hydrogens (tertiary/aromatic N) is 1. The highest BCUT2D eigenvalue weighted by atomic mass is 79.9. The number of halogens is 4. The summed E-state index contributed by atoms with van der Waals surface area (Å²) in [6.07, 6.45) is -4.44. The summed E-state index contributed by atoms with van der Waals surface area (Å²) in [5.74, 6) is 0.421. The second-order valence-electron chi connectivity index (χ2n) is 5.77. The standard InChI is InChI=1S/C18H11BrF3N3O/c19-13-6-10(18(20,21)22)7-15-16(13)25-17(24-15)23-14-3-1-2-9-4-5-11(26)8-12(9)14/h1-8,26H,(H2,23,24,25). The Kier molecular flexibility index (Phi) is 3.80. The average Bonchev–Trinajstić information content (AvgIpc) is 2.98. The zero-order valence-corrected chi connectivity index (χ0v) is 14.6. The smallest absolute Gasteiger partial charge is 0.416 e. The second-order valence-corrected chi connectivity index (χ2v) is 6.63. The Hall–Kier alpha value is -2.74. The van der Waals surface area contributed by atoms with E-state index in [1.54, 1.807) is 24.3 Å². The molecule has 0 amide bonds. The molecule has 1 heterocycles. The molecule has 8 heteroatoms. The van der Waals surface area contributed by atoms with Gasteiger partial charge in [0.2, 0.25) is 5.95 Å². The summed E-state index contributed by atoms with van der Waals surface area (Å²) < 4.78 is 39.2. The van der Waals surface area contributed by atoms with E-state index in [0.29, 0.717) is 17.2 Å². The van der Waals surface area contributed by atoms with Gasteiger partial charge in [0.25, 0.3) is 0 Å². The molecule has 3 N–H and O–H groups in total. The summed E-state index contributed by atoms with van der Waals surface area (Å²) in [6.45, 7) is 0. The lowest BCUT2D eigenvalue weighted by Crippen LogP contribution is -2.04. The van der Waals surface area contributed by atoms with E-state index in [4.69, 9.17) is 0 Å². The normalized spacial score (nSPS) is 12.0. The molecule has 0 fully saturated rings. The van der Waals surface area contributed by atoms with Gasteiger partial charge in [-0.1, -0.05) is 18.2 Å². The van der Waals surface area contributed by atoms with Crippen molar-refractivity contribution in [3.63, 3.8) is 0 Å².